The van der Waals surface area contributed by atoms with Crippen molar-refractivity contribution in [2.24, 2.45) is 10.9 Å². The van der Waals surface area contributed by atoms with E-state index >= 15 is 0 Å². The number of ether oxygens (including phenoxy) is 1. The lowest BCUT2D eigenvalue weighted by Crippen LogP contribution is -2.41. The van der Waals surface area contributed by atoms with Crippen molar-refractivity contribution in [1.29, 1.82) is 0 Å². The minimum atomic E-state index is 0. The first kappa shape index (κ1) is 20.1. The summed E-state index contributed by atoms with van der Waals surface area (Å²) in [6.07, 6.45) is 5.15. The molecule has 0 radical (unpaired) electrons. The fraction of sp³-hybridized carbons (Fsp3) is 0.611. The molecule has 23 heavy (non-hydrogen) atoms. The second-order valence-electron chi connectivity index (χ2n) is 6.40. The van der Waals surface area contributed by atoms with Crippen LogP contribution in [0.3, 0.4) is 0 Å². The van der Waals surface area contributed by atoms with Crippen LogP contribution in [0.5, 0.6) is 5.75 Å². The molecule has 0 bridgehead atoms. The zero-order chi connectivity index (χ0) is 15.8. The lowest BCUT2D eigenvalue weighted by Gasteiger charge is -2.17. The van der Waals surface area contributed by atoms with Crippen molar-refractivity contribution in [3.8, 4) is 5.75 Å². The van der Waals surface area contributed by atoms with Crippen molar-refractivity contribution >= 4 is 29.9 Å². The smallest absolute Gasteiger partial charge is 0.191 e. The Morgan fingerprint density at radius 3 is 2.70 bits per heavy atom. The van der Waals surface area contributed by atoms with Crippen LogP contribution in [-0.2, 0) is 6.54 Å². The zero-order valence-corrected chi connectivity index (χ0v) is 16.8. The van der Waals surface area contributed by atoms with E-state index in [0.29, 0.717) is 12.0 Å². The molecule has 1 saturated carbocycles. The lowest BCUT2D eigenvalue weighted by molar-refractivity contribution is 0.271. The van der Waals surface area contributed by atoms with Crippen molar-refractivity contribution in [3.05, 3.63) is 29.8 Å². The quantitative estimate of drug-likeness (QED) is 0.408. The van der Waals surface area contributed by atoms with E-state index in [1.165, 1.54) is 31.2 Å². The molecule has 0 heterocycles. The van der Waals surface area contributed by atoms with Gasteiger partial charge in [-0.15, -0.1) is 24.0 Å². The SMILES string of the molecule is CN=C(NCc1cccc(OCC(C)C)c1)NC1CCCC1.I. The van der Waals surface area contributed by atoms with E-state index < -0.39 is 0 Å². The molecule has 5 heteroatoms. The van der Waals surface area contributed by atoms with Crippen LogP contribution >= 0.6 is 24.0 Å². The number of hydrogen-bond acceptors (Lipinski definition) is 2. The van der Waals surface area contributed by atoms with Crippen LogP contribution in [0.2, 0.25) is 0 Å². The summed E-state index contributed by atoms with van der Waals surface area (Å²) in [4.78, 5) is 4.31. The summed E-state index contributed by atoms with van der Waals surface area (Å²) in [5.41, 5.74) is 1.20. The Morgan fingerprint density at radius 2 is 2.04 bits per heavy atom. The number of guanidine groups is 1. The summed E-state index contributed by atoms with van der Waals surface area (Å²) >= 11 is 0. The highest BCUT2D eigenvalue weighted by molar-refractivity contribution is 14.0. The van der Waals surface area contributed by atoms with Crippen LogP contribution < -0.4 is 15.4 Å². The molecule has 2 rings (SSSR count). The second kappa shape index (κ2) is 10.7. The number of nitrogens with one attached hydrogen (secondary N) is 2. The fourth-order valence-electron chi connectivity index (χ4n) is 2.65. The maximum Gasteiger partial charge on any atom is 0.191 e. The number of halogens is 1. The highest BCUT2D eigenvalue weighted by Crippen LogP contribution is 2.17. The molecule has 1 aromatic rings. The van der Waals surface area contributed by atoms with Gasteiger partial charge in [-0.25, -0.2) is 0 Å². The number of benzene rings is 1. The molecular formula is C18H30IN3O. The van der Waals surface area contributed by atoms with Gasteiger partial charge in [-0.05, 0) is 36.5 Å². The summed E-state index contributed by atoms with van der Waals surface area (Å²) < 4.78 is 5.78. The van der Waals surface area contributed by atoms with Gasteiger partial charge >= 0.3 is 0 Å². The summed E-state index contributed by atoms with van der Waals surface area (Å²) in [5, 5.41) is 6.89. The molecule has 1 aliphatic rings. The van der Waals surface area contributed by atoms with Crippen LogP contribution in [0.1, 0.15) is 45.1 Å². The van der Waals surface area contributed by atoms with Gasteiger partial charge in [0.1, 0.15) is 5.75 Å². The molecule has 2 N–H and O–H groups in total. The van der Waals surface area contributed by atoms with Gasteiger partial charge in [0.25, 0.3) is 0 Å². The third-order valence-corrected chi connectivity index (χ3v) is 3.86. The van der Waals surface area contributed by atoms with E-state index in [1.807, 2.05) is 19.2 Å². The molecule has 0 unspecified atom stereocenters. The summed E-state index contributed by atoms with van der Waals surface area (Å²) in [7, 11) is 1.83. The third-order valence-electron chi connectivity index (χ3n) is 3.86. The Labute approximate surface area is 157 Å². The van der Waals surface area contributed by atoms with Gasteiger partial charge in [-0.2, -0.15) is 0 Å². The van der Waals surface area contributed by atoms with Gasteiger partial charge in [0, 0.05) is 19.6 Å². The van der Waals surface area contributed by atoms with E-state index in [0.717, 1.165) is 24.9 Å². The van der Waals surface area contributed by atoms with Gasteiger partial charge in [0.05, 0.1) is 6.61 Å². The minimum Gasteiger partial charge on any atom is -0.493 e. The number of aliphatic imine (C=N–C) groups is 1. The topological polar surface area (TPSA) is 45.7 Å². The Bertz CT molecular complexity index is 485. The van der Waals surface area contributed by atoms with Crippen molar-refractivity contribution in [1.82, 2.24) is 10.6 Å². The molecule has 1 fully saturated rings. The van der Waals surface area contributed by atoms with Crippen LogP contribution in [0.4, 0.5) is 0 Å². The van der Waals surface area contributed by atoms with E-state index in [9.17, 15) is 0 Å². The van der Waals surface area contributed by atoms with E-state index in [-0.39, 0.29) is 24.0 Å². The maximum atomic E-state index is 5.78. The highest BCUT2D eigenvalue weighted by Gasteiger charge is 2.15. The molecule has 0 atom stereocenters. The fourth-order valence-corrected chi connectivity index (χ4v) is 2.65. The first-order chi connectivity index (χ1) is 10.7. The van der Waals surface area contributed by atoms with Gasteiger partial charge < -0.3 is 15.4 Å². The number of hydrogen-bond donors (Lipinski definition) is 2. The van der Waals surface area contributed by atoms with Gasteiger partial charge in [0.15, 0.2) is 5.96 Å². The van der Waals surface area contributed by atoms with E-state index in [1.54, 1.807) is 0 Å². The monoisotopic (exact) mass is 431 g/mol. The first-order valence-corrected chi connectivity index (χ1v) is 8.36. The van der Waals surface area contributed by atoms with Crippen molar-refractivity contribution in [3.63, 3.8) is 0 Å². The molecule has 4 nitrogen and oxygen atoms in total. The van der Waals surface area contributed by atoms with Crippen LogP contribution in [-0.4, -0.2) is 25.7 Å². The molecular weight excluding hydrogens is 401 g/mol. The third kappa shape index (κ3) is 7.42. The van der Waals surface area contributed by atoms with E-state index in [4.69, 9.17) is 4.74 Å². The standard InChI is InChI=1S/C18H29N3O.HI/c1-14(2)13-22-17-10-6-7-15(11-17)12-20-18(19-3)21-16-8-4-5-9-16;/h6-7,10-11,14,16H,4-5,8-9,12-13H2,1-3H3,(H2,19,20,21);1H. The minimum absolute atomic E-state index is 0. The van der Waals surface area contributed by atoms with Crippen LogP contribution in [0.25, 0.3) is 0 Å². The van der Waals surface area contributed by atoms with Gasteiger partial charge in [-0.1, -0.05) is 38.8 Å². The lowest BCUT2D eigenvalue weighted by atomic mass is 10.2. The Hall–Kier alpha value is -0.980. The Morgan fingerprint density at radius 1 is 1.30 bits per heavy atom. The average Bonchev–Trinajstić information content (AvgIpc) is 3.03. The molecule has 1 aromatic carbocycles. The van der Waals surface area contributed by atoms with Crippen LogP contribution in [0.15, 0.2) is 29.3 Å². The molecule has 0 saturated heterocycles. The number of nitrogens with zero attached hydrogens (tertiary/aromatic N) is 1. The zero-order valence-electron chi connectivity index (χ0n) is 14.5. The summed E-state index contributed by atoms with van der Waals surface area (Å²) in [6, 6.07) is 8.83. The van der Waals surface area contributed by atoms with Crippen LogP contribution in [0, 0.1) is 5.92 Å². The first-order valence-electron chi connectivity index (χ1n) is 8.36. The maximum absolute atomic E-state index is 5.78. The van der Waals surface area contributed by atoms with Gasteiger partial charge in [0.2, 0.25) is 0 Å². The second-order valence-corrected chi connectivity index (χ2v) is 6.40. The van der Waals surface area contributed by atoms with Gasteiger partial charge in [-0.3, -0.25) is 4.99 Å². The molecule has 130 valence electrons. The normalized spacial score (nSPS) is 15.4. The molecule has 0 aliphatic heterocycles. The molecule has 0 spiro atoms. The van der Waals surface area contributed by atoms with Crippen molar-refractivity contribution < 1.29 is 4.74 Å². The Kier molecular flexibility index (Phi) is 9.36. The molecule has 1 aliphatic carbocycles. The average molecular weight is 431 g/mol. The van der Waals surface area contributed by atoms with Crippen molar-refractivity contribution in [2.75, 3.05) is 13.7 Å². The molecule has 0 aromatic heterocycles. The van der Waals surface area contributed by atoms with Crippen molar-refractivity contribution in [2.45, 2.75) is 52.1 Å². The Balaban J connectivity index is 0.00000264. The van der Waals surface area contributed by atoms with E-state index in [2.05, 4.69) is 41.6 Å². The highest BCUT2D eigenvalue weighted by atomic mass is 127. The predicted molar refractivity (Wildman–Crippen MR) is 108 cm³/mol. The number of rotatable bonds is 6. The summed E-state index contributed by atoms with van der Waals surface area (Å²) in [6.45, 7) is 5.82. The predicted octanol–water partition coefficient (Wildman–Crippen LogP) is 3.95. The molecule has 0 amide bonds. The summed E-state index contributed by atoms with van der Waals surface area (Å²) in [5.74, 6) is 2.36. The largest absolute Gasteiger partial charge is 0.493 e.